The van der Waals surface area contributed by atoms with Crippen LogP contribution in [0.5, 0.6) is 0 Å². The lowest BCUT2D eigenvalue weighted by molar-refractivity contribution is 0.0600. The molecule has 1 aromatic rings. The fourth-order valence-electron chi connectivity index (χ4n) is 1.01. The minimum absolute atomic E-state index is 0.190. The molecule has 1 rings (SSSR count). The smallest absolute Gasteiger partial charge is 0.337 e. The summed E-state index contributed by atoms with van der Waals surface area (Å²) >= 11 is 0. The predicted molar refractivity (Wildman–Crippen MR) is 47.9 cm³/mol. The van der Waals surface area contributed by atoms with Crippen molar-refractivity contribution < 1.29 is 14.3 Å². The minimum atomic E-state index is -0.530. The van der Waals surface area contributed by atoms with E-state index in [1.165, 1.54) is 25.3 Å². The van der Waals surface area contributed by atoms with Gasteiger partial charge in [-0.05, 0) is 18.2 Å². The molecule has 1 aromatic carbocycles. The Hall–Kier alpha value is -2.15. The van der Waals surface area contributed by atoms with Gasteiger partial charge in [0.25, 0.3) is 0 Å². The summed E-state index contributed by atoms with van der Waals surface area (Å²) in [5.74, 6) is -0.530. The van der Waals surface area contributed by atoms with Crippen LogP contribution in [0.3, 0.4) is 0 Å². The van der Waals surface area contributed by atoms with Crippen molar-refractivity contribution in [3.05, 3.63) is 34.9 Å². The topological polar surface area (TPSA) is 67.2 Å². The molecule has 0 N–H and O–H groups in total. The molecule has 0 radical (unpaired) electrons. The van der Waals surface area contributed by atoms with Crippen molar-refractivity contribution in [1.82, 2.24) is 0 Å². The van der Waals surface area contributed by atoms with Gasteiger partial charge < -0.3 is 4.74 Å². The van der Waals surface area contributed by atoms with Crippen LogP contribution in [0.1, 0.15) is 26.3 Å². The molecule has 4 nitrogen and oxygen atoms in total. The van der Waals surface area contributed by atoms with Crippen LogP contribution < -0.4 is 0 Å². The van der Waals surface area contributed by atoms with E-state index in [4.69, 9.17) is 5.26 Å². The molecule has 0 spiro atoms. The lowest BCUT2D eigenvalue weighted by Crippen LogP contribution is -2.02. The largest absolute Gasteiger partial charge is 0.465 e. The zero-order chi connectivity index (χ0) is 10.6. The predicted octanol–water partition coefficient (Wildman–Crippen LogP) is 1.16. The SMILES string of the molecule is COC(=O)c1ccc(C#N)c(C=O)c1. The summed E-state index contributed by atoms with van der Waals surface area (Å²) in [5.41, 5.74) is 0.691. The molecule has 4 heteroatoms. The monoisotopic (exact) mass is 189 g/mol. The normalized spacial score (nSPS) is 8.86. The van der Waals surface area contributed by atoms with Gasteiger partial charge in [-0.2, -0.15) is 5.26 Å². The molecular formula is C10H7NO3. The van der Waals surface area contributed by atoms with E-state index in [0.29, 0.717) is 6.29 Å². The van der Waals surface area contributed by atoms with Gasteiger partial charge in [0.2, 0.25) is 0 Å². The van der Waals surface area contributed by atoms with Gasteiger partial charge in [0.1, 0.15) is 0 Å². The number of carbonyl (C=O) groups is 2. The Morgan fingerprint density at radius 1 is 1.57 bits per heavy atom. The zero-order valence-corrected chi connectivity index (χ0v) is 7.48. The molecule has 0 bridgehead atoms. The van der Waals surface area contributed by atoms with Gasteiger partial charge in [0.15, 0.2) is 6.29 Å². The maximum Gasteiger partial charge on any atom is 0.337 e. The molecule has 14 heavy (non-hydrogen) atoms. The lowest BCUT2D eigenvalue weighted by atomic mass is 10.1. The number of ether oxygens (including phenoxy) is 1. The number of benzene rings is 1. The molecular weight excluding hydrogens is 182 g/mol. The molecule has 0 aliphatic heterocycles. The highest BCUT2D eigenvalue weighted by Gasteiger charge is 2.08. The van der Waals surface area contributed by atoms with Crippen LogP contribution in [0, 0.1) is 11.3 Å². The number of hydrogen-bond acceptors (Lipinski definition) is 4. The Bertz CT molecular complexity index is 418. The first-order valence-electron chi connectivity index (χ1n) is 3.80. The maximum atomic E-state index is 11.1. The molecule has 0 saturated heterocycles. The van der Waals surface area contributed by atoms with Crippen molar-refractivity contribution >= 4 is 12.3 Å². The first-order valence-corrected chi connectivity index (χ1v) is 3.80. The summed E-state index contributed by atoms with van der Waals surface area (Å²) in [7, 11) is 1.25. The van der Waals surface area contributed by atoms with Gasteiger partial charge in [-0.15, -0.1) is 0 Å². The average molecular weight is 189 g/mol. The van der Waals surface area contributed by atoms with E-state index in [-0.39, 0.29) is 16.7 Å². The Balaban J connectivity index is 3.22. The van der Waals surface area contributed by atoms with Gasteiger partial charge in [-0.1, -0.05) is 0 Å². The number of hydrogen-bond donors (Lipinski definition) is 0. The van der Waals surface area contributed by atoms with Crippen LogP contribution in [-0.2, 0) is 4.74 Å². The van der Waals surface area contributed by atoms with Gasteiger partial charge >= 0.3 is 5.97 Å². The molecule has 0 aliphatic carbocycles. The van der Waals surface area contributed by atoms with E-state index < -0.39 is 5.97 Å². The third-order valence-electron chi connectivity index (χ3n) is 1.72. The molecule has 0 amide bonds. The van der Waals surface area contributed by atoms with Crippen LogP contribution in [-0.4, -0.2) is 19.4 Å². The molecule has 70 valence electrons. The zero-order valence-electron chi connectivity index (χ0n) is 7.48. The van der Waals surface area contributed by atoms with Crippen molar-refractivity contribution in [2.45, 2.75) is 0 Å². The minimum Gasteiger partial charge on any atom is -0.465 e. The van der Waals surface area contributed by atoms with Crippen molar-refractivity contribution in [3.8, 4) is 6.07 Å². The van der Waals surface area contributed by atoms with E-state index in [0.717, 1.165) is 0 Å². The molecule has 0 atom stereocenters. The fraction of sp³-hybridized carbons (Fsp3) is 0.100. The third kappa shape index (κ3) is 1.77. The summed E-state index contributed by atoms with van der Waals surface area (Å²) in [5, 5.41) is 8.61. The number of nitrogens with zero attached hydrogens (tertiary/aromatic N) is 1. The summed E-state index contributed by atoms with van der Waals surface area (Å²) in [6, 6.07) is 6.03. The number of nitriles is 1. The summed E-state index contributed by atoms with van der Waals surface area (Å²) < 4.78 is 4.47. The Kier molecular flexibility index (Phi) is 2.97. The summed E-state index contributed by atoms with van der Waals surface area (Å²) in [4.78, 5) is 21.6. The highest BCUT2D eigenvalue weighted by atomic mass is 16.5. The molecule has 0 heterocycles. The summed E-state index contributed by atoms with van der Waals surface area (Å²) in [6.07, 6.45) is 0.533. The number of rotatable bonds is 2. The second-order valence-corrected chi connectivity index (χ2v) is 2.52. The van der Waals surface area contributed by atoms with Crippen molar-refractivity contribution in [2.24, 2.45) is 0 Å². The number of methoxy groups -OCH3 is 1. The highest BCUT2D eigenvalue weighted by Crippen LogP contribution is 2.10. The summed E-state index contributed by atoms with van der Waals surface area (Å²) in [6.45, 7) is 0. The van der Waals surface area contributed by atoms with E-state index in [1.807, 2.05) is 6.07 Å². The van der Waals surface area contributed by atoms with Crippen molar-refractivity contribution in [2.75, 3.05) is 7.11 Å². The first kappa shape index (κ1) is 9.93. The second kappa shape index (κ2) is 4.19. The average Bonchev–Trinajstić information content (AvgIpc) is 2.26. The van der Waals surface area contributed by atoms with E-state index in [1.54, 1.807) is 0 Å². The van der Waals surface area contributed by atoms with Crippen molar-refractivity contribution in [3.63, 3.8) is 0 Å². The number of carbonyl (C=O) groups excluding carboxylic acids is 2. The van der Waals surface area contributed by atoms with E-state index in [2.05, 4.69) is 4.74 Å². The van der Waals surface area contributed by atoms with Crippen LogP contribution in [0.4, 0.5) is 0 Å². The third-order valence-corrected chi connectivity index (χ3v) is 1.72. The molecule has 0 unspecified atom stereocenters. The molecule has 0 saturated carbocycles. The Morgan fingerprint density at radius 3 is 2.79 bits per heavy atom. The number of esters is 1. The van der Waals surface area contributed by atoms with Crippen molar-refractivity contribution in [1.29, 1.82) is 5.26 Å². The number of aldehydes is 1. The van der Waals surface area contributed by atoms with Crippen LogP contribution in [0.15, 0.2) is 18.2 Å². The standard InChI is InChI=1S/C10H7NO3/c1-14-10(13)7-2-3-8(5-11)9(4-7)6-12/h2-4,6H,1H3. The van der Waals surface area contributed by atoms with Crippen LogP contribution in [0.25, 0.3) is 0 Å². The molecule has 0 aromatic heterocycles. The Morgan fingerprint density at radius 2 is 2.29 bits per heavy atom. The molecule has 0 aliphatic rings. The second-order valence-electron chi connectivity index (χ2n) is 2.52. The first-order chi connectivity index (χ1) is 6.72. The van der Waals surface area contributed by atoms with Gasteiger partial charge in [-0.25, -0.2) is 4.79 Å². The quantitative estimate of drug-likeness (QED) is 0.517. The lowest BCUT2D eigenvalue weighted by Gasteiger charge is -2.00. The van der Waals surface area contributed by atoms with Crippen LogP contribution in [0.2, 0.25) is 0 Å². The molecule has 0 fully saturated rings. The van der Waals surface area contributed by atoms with Gasteiger partial charge in [-0.3, -0.25) is 4.79 Å². The van der Waals surface area contributed by atoms with Gasteiger partial charge in [0.05, 0.1) is 24.3 Å². The van der Waals surface area contributed by atoms with E-state index >= 15 is 0 Å². The van der Waals surface area contributed by atoms with E-state index in [9.17, 15) is 9.59 Å². The fourth-order valence-corrected chi connectivity index (χ4v) is 1.01. The van der Waals surface area contributed by atoms with Crippen LogP contribution >= 0.6 is 0 Å². The van der Waals surface area contributed by atoms with Gasteiger partial charge in [0, 0.05) is 5.56 Å². The highest BCUT2D eigenvalue weighted by molar-refractivity contribution is 5.92. The maximum absolute atomic E-state index is 11.1. The Labute approximate surface area is 80.7 Å².